The molecule has 4 rings (SSSR count). The predicted octanol–water partition coefficient (Wildman–Crippen LogP) is 1.24. The molecular weight excluding hydrogens is 314 g/mol. The first-order valence-electron chi connectivity index (χ1n) is 8.43. The molecule has 7 heteroatoms. The van der Waals surface area contributed by atoms with E-state index in [9.17, 15) is 8.42 Å². The van der Waals surface area contributed by atoms with E-state index in [1.165, 1.54) is 0 Å². The van der Waals surface area contributed by atoms with Gasteiger partial charge in [0.1, 0.15) is 0 Å². The molecule has 0 radical (unpaired) electrons. The smallest absolute Gasteiger partial charge is 0.217 e. The summed E-state index contributed by atoms with van der Waals surface area (Å²) in [4.78, 5) is 6.48. The van der Waals surface area contributed by atoms with Crippen molar-refractivity contribution in [3.05, 3.63) is 24.5 Å². The minimum Gasteiger partial charge on any atom is -0.375 e. The van der Waals surface area contributed by atoms with Gasteiger partial charge in [-0.15, -0.1) is 0 Å². The lowest BCUT2D eigenvalue weighted by atomic mass is 10.0. The number of pyridine rings is 1. The van der Waals surface area contributed by atoms with Gasteiger partial charge in [0.2, 0.25) is 10.0 Å². The number of morpholine rings is 1. The van der Waals surface area contributed by atoms with Crippen LogP contribution in [0.1, 0.15) is 25.7 Å². The molecule has 0 N–H and O–H groups in total. The van der Waals surface area contributed by atoms with Crippen LogP contribution in [0.25, 0.3) is 0 Å². The van der Waals surface area contributed by atoms with E-state index in [-0.39, 0.29) is 17.4 Å². The first-order valence-corrected chi connectivity index (χ1v) is 9.94. The standard InChI is InChI=1S/C16H23N3O3S/c20-23(21,14-3-4-14)19-10-11-22-16-6-9-18(8-5-15(16)19)13-2-1-7-17-12-13/h1-2,7,12,14-16H,3-6,8-11H2. The zero-order valence-corrected chi connectivity index (χ0v) is 14.0. The van der Waals surface area contributed by atoms with Gasteiger partial charge in [-0.2, -0.15) is 4.31 Å². The van der Waals surface area contributed by atoms with Gasteiger partial charge < -0.3 is 9.64 Å². The van der Waals surface area contributed by atoms with Crippen LogP contribution in [0.2, 0.25) is 0 Å². The van der Waals surface area contributed by atoms with Crippen LogP contribution in [-0.2, 0) is 14.8 Å². The second kappa shape index (κ2) is 6.03. The minimum absolute atomic E-state index is 0.0129. The van der Waals surface area contributed by atoms with Crippen molar-refractivity contribution in [3.8, 4) is 0 Å². The molecule has 23 heavy (non-hydrogen) atoms. The topological polar surface area (TPSA) is 62.7 Å². The molecule has 3 heterocycles. The second-order valence-electron chi connectivity index (χ2n) is 6.61. The zero-order chi connectivity index (χ0) is 15.9. The van der Waals surface area contributed by atoms with Crippen LogP contribution in [0.15, 0.2) is 24.5 Å². The maximum atomic E-state index is 12.7. The third-order valence-corrected chi connectivity index (χ3v) is 7.53. The molecule has 1 aromatic rings. The fourth-order valence-corrected chi connectivity index (χ4v) is 5.78. The molecule has 2 saturated heterocycles. The van der Waals surface area contributed by atoms with Crippen molar-refractivity contribution in [3.63, 3.8) is 0 Å². The Morgan fingerprint density at radius 1 is 1.13 bits per heavy atom. The molecule has 6 nitrogen and oxygen atoms in total. The van der Waals surface area contributed by atoms with Gasteiger partial charge in [-0.3, -0.25) is 4.98 Å². The van der Waals surface area contributed by atoms with E-state index >= 15 is 0 Å². The van der Waals surface area contributed by atoms with E-state index in [0.29, 0.717) is 13.2 Å². The van der Waals surface area contributed by atoms with Gasteiger partial charge in [-0.05, 0) is 37.8 Å². The minimum atomic E-state index is -3.14. The number of hydrogen-bond acceptors (Lipinski definition) is 5. The van der Waals surface area contributed by atoms with Crippen LogP contribution >= 0.6 is 0 Å². The zero-order valence-electron chi connectivity index (χ0n) is 13.2. The summed E-state index contributed by atoms with van der Waals surface area (Å²) in [6.45, 7) is 2.74. The Hall–Kier alpha value is -1.18. The normalized spacial score (nSPS) is 29.8. The van der Waals surface area contributed by atoms with Crippen molar-refractivity contribution < 1.29 is 13.2 Å². The summed E-state index contributed by atoms with van der Waals surface area (Å²) in [6.07, 6.45) is 6.96. The molecule has 0 bridgehead atoms. The number of sulfonamides is 1. The van der Waals surface area contributed by atoms with Gasteiger partial charge in [0.05, 0.1) is 35.9 Å². The monoisotopic (exact) mass is 337 g/mol. The summed E-state index contributed by atoms with van der Waals surface area (Å²) >= 11 is 0. The van der Waals surface area contributed by atoms with Crippen LogP contribution in [-0.4, -0.2) is 61.3 Å². The summed E-state index contributed by atoms with van der Waals surface area (Å²) in [6, 6.07) is 3.98. The summed E-state index contributed by atoms with van der Waals surface area (Å²) in [5.74, 6) is 0. The first kappa shape index (κ1) is 15.4. The molecule has 0 aromatic carbocycles. The predicted molar refractivity (Wildman–Crippen MR) is 87.9 cm³/mol. The van der Waals surface area contributed by atoms with Crippen molar-refractivity contribution >= 4 is 15.7 Å². The van der Waals surface area contributed by atoms with E-state index < -0.39 is 10.0 Å². The highest BCUT2D eigenvalue weighted by Crippen LogP contribution is 2.35. The number of anilines is 1. The van der Waals surface area contributed by atoms with Crippen molar-refractivity contribution in [2.75, 3.05) is 31.1 Å². The van der Waals surface area contributed by atoms with Crippen molar-refractivity contribution in [1.29, 1.82) is 0 Å². The Balaban J connectivity index is 1.53. The van der Waals surface area contributed by atoms with Gasteiger partial charge >= 0.3 is 0 Å². The molecule has 1 saturated carbocycles. The van der Waals surface area contributed by atoms with Crippen LogP contribution in [0.5, 0.6) is 0 Å². The first-order chi connectivity index (χ1) is 11.2. The highest BCUT2D eigenvalue weighted by atomic mass is 32.2. The maximum Gasteiger partial charge on any atom is 0.217 e. The molecule has 0 spiro atoms. The lowest BCUT2D eigenvalue weighted by Gasteiger charge is -2.39. The molecule has 3 fully saturated rings. The average Bonchev–Trinajstić information content (AvgIpc) is 3.42. The van der Waals surface area contributed by atoms with Gasteiger partial charge in [0.15, 0.2) is 0 Å². The Morgan fingerprint density at radius 2 is 1.96 bits per heavy atom. The molecule has 1 aliphatic carbocycles. The van der Waals surface area contributed by atoms with Crippen molar-refractivity contribution in [2.24, 2.45) is 0 Å². The fraction of sp³-hybridized carbons (Fsp3) is 0.688. The van der Waals surface area contributed by atoms with Gasteiger partial charge in [-0.25, -0.2) is 8.42 Å². The van der Waals surface area contributed by atoms with E-state index in [1.54, 1.807) is 10.5 Å². The third kappa shape index (κ3) is 2.97. The molecule has 2 atom stereocenters. The van der Waals surface area contributed by atoms with Gasteiger partial charge in [0, 0.05) is 25.8 Å². The van der Waals surface area contributed by atoms with Crippen LogP contribution in [0.3, 0.4) is 0 Å². The lowest BCUT2D eigenvalue weighted by Crippen LogP contribution is -2.54. The van der Waals surface area contributed by atoms with Crippen LogP contribution < -0.4 is 4.90 Å². The fourth-order valence-electron chi connectivity index (χ4n) is 3.72. The summed E-state index contributed by atoms with van der Waals surface area (Å²) < 4.78 is 33.1. The summed E-state index contributed by atoms with van der Waals surface area (Å²) in [5.41, 5.74) is 1.10. The van der Waals surface area contributed by atoms with E-state index in [4.69, 9.17) is 4.74 Å². The van der Waals surface area contributed by atoms with E-state index in [1.807, 2.05) is 12.3 Å². The van der Waals surface area contributed by atoms with E-state index in [0.717, 1.165) is 44.5 Å². The number of fused-ring (bicyclic) bond motifs is 1. The Bertz CT molecular complexity index is 648. The summed E-state index contributed by atoms with van der Waals surface area (Å²) in [7, 11) is -3.14. The summed E-state index contributed by atoms with van der Waals surface area (Å²) in [5, 5.41) is -0.140. The molecular formula is C16H23N3O3S. The Labute approximate surface area is 137 Å². The van der Waals surface area contributed by atoms with Crippen LogP contribution in [0.4, 0.5) is 5.69 Å². The highest BCUT2D eigenvalue weighted by molar-refractivity contribution is 7.90. The number of aromatic nitrogens is 1. The maximum absolute atomic E-state index is 12.7. The Morgan fingerprint density at radius 3 is 2.70 bits per heavy atom. The molecule has 2 aliphatic heterocycles. The second-order valence-corrected chi connectivity index (χ2v) is 8.77. The van der Waals surface area contributed by atoms with Crippen molar-refractivity contribution in [2.45, 2.75) is 43.1 Å². The van der Waals surface area contributed by atoms with Crippen LogP contribution in [0, 0.1) is 0 Å². The Kier molecular flexibility index (Phi) is 4.03. The number of nitrogens with zero attached hydrogens (tertiary/aromatic N) is 3. The van der Waals surface area contributed by atoms with Gasteiger partial charge in [0.25, 0.3) is 0 Å². The van der Waals surface area contributed by atoms with Gasteiger partial charge in [-0.1, -0.05) is 0 Å². The third-order valence-electron chi connectivity index (χ3n) is 5.10. The van der Waals surface area contributed by atoms with E-state index in [2.05, 4.69) is 16.0 Å². The number of ether oxygens (including phenoxy) is 1. The lowest BCUT2D eigenvalue weighted by molar-refractivity contribution is -0.0406. The number of rotatable bonds is 3. The molecule has 126 valence electrons. The SMILES string of the molecule is O=S(=O)(C1CC1)N1CCOC2CCN(c3cccnc3)CCC21. The molecule has 1 aromatic heterocycles. The quantitative estimate of drug-likeness (QED) is 0.830. The molecule has 2 unspecified atom stereocenters. The average molecular weight is 337 g/mol. The van der Waals surface area contributed by atoms with Crippen molar-refractivity contribution in [1.82, 2.24) is 9.29 Å². The molecule has 3 aliphatic rings. The number of hydrogen-bond donors (Lipinski definition) is 0. The highest BCUT2D eigenvalue weighted by Gasteiger charge is 2.46. The molecule has 0 amide bonds. The largest absolute Gasteiger partial charge is 0.375 e.